The zero-order chi connectivity index (χ0) is 14.9. The summed E-state index contributed by atoms with van der Waals surface area (Å²) in [4.78, 5) is 0. The molecule has 0 aliphatic heterocycles. The van der Waals surface area contributed by atoms with E-state index in [-0.39, 0.29) is 6.61 Å². The van der Waals surface area contributed by atoms with Crippen LogP contribution in [-0.2, 0) is 0 Å². The topological polar surface area (TPSA) is 76.5 Å². The Kier molecular flexibility index (Phi) is 6.23. The molecule has 0 spiro atoms. The molecule has 2 aromatic rings. The standard InChI is InChI=1S/C14H19N3O3S/c1-2-7-19-13-5-3-11(4-6-13)15-8-12(18)10-20-14-9-16-21-17-14/h3-6,9,12,15,18H,2,7-8,10H2,1H3. The molecule has 1 atom stereocenters. The summed E-state index contributed by atoms with van der Waals surface area (Å²) >= 11 is 1.07. The third-order valence-electron chi connectivity index (χ3n) is 2.63. The Morgan fingerprint density at radius 1 is 1.29 bits per heavy atom. The lowest BCUT2D eigenvalue weighted by Gasteiger charge is -2.13. The highest BCUT2D eigenvalue weighted by Crippen LogP contribution is 2.15. The SMILES string of the molecule is CCCOc1ccc(NCC(O)COc2cnsn2)cc1. The molecule has 0 saturated heterocycles. The Balaban J connectivity index is 1.69. The van der Waals surface area contributed by atoms with Crippen molar-refractivity contribution in [2.45, 2.75) is 19.4 Å². The summed E-state index contributed by atoms with van der Waals surface area (Å²) in [6.45, 7) is 3.36. The van der Waals surface area contributed by atoms with Crippen LogP contribution in [0.15, 0.2) is 30.5 Å². The second kappa shape index (κ2) is 8.43. The molecule has 1 heterocycles. The quantitative estimate of drug-likeness (QED) is 0.739. The summed E-state index contributed by atoms with van der Waals surface area (Å²) in [5, 5.41) is 13.0. The van der Waals surface area contributed by atoms with Gasteiger partial charge >= 0.3 is 0 Å². The number of nitrogens with zero attached hydrogens (tertiary/aromatic N) is 2. The number of rotatable bonds is 9. The van der Waals surface area contributed by atoms with Gasteiger partial charge in [0.2, 0.25) is 5.88 Å². The first-order valence-electron chi connectivity index (χ1n) is 6.83. The summed E-state index contributed by atoms with van der Waals surface area (Å²) in [7, 11) is 0. The van der Waals surface area contributed by atoms with Gasteiger partial charge in [-0.05, 0) is 30.7 Å². The van der Waals surface area contributed by atoms with Crippen molar-refractivity contribution in [3.63, 3.8) is 0 Å². The predicted octanol–water partition coefficient (Wildman–Crippen LogP) is 2.18. The van der Waals surface area contributed by atoms with E-state index in [0.29, 0.717) is 19.0 Å². The van der Waals surface area contributed by atoms with Gasteiger partial charge in [0.1, 0.15) is 24.7 Å². The highest BCUT2D eigenvalue weighted by Gasteiger charge is 2.06. The number of aliphatic hydroxyl groups is 1. The van der Waals surface area contributed by atoms with Crippen molar-refractivity contribution in [3.05, 3.63) is 30.5 Å². The van der Waals surface area contributed by atoms with Crippen molar-refractivity contribution in [2.24, 2.45) is 0 Å². The molecule has 1 aromatic heterocycles. The van der Waals surface area contributed by atoms with E-state index >= 15 is 0 Å². The average molecular weight is 309 g/mol. The lowest BCUT2D eigenvalue weighted by molar-refractivity contribution is 0.115. The van der Waals surface area contributed by atoms with Crippen molar-refractivity contribution >= 4 is 17.4 Å². The van der Waals surface area contributed by atoms with Crippen LogP contribution >= 0.6 is 11.7 Å². The molecule has 0 saturated carbocycles. The summed E-state index contributed by atoms with van der Waals surface area (Å²) in [5.41, 5.74) is 0.924. The molecule has 6 nitrogen and oxygen atoms in total. The Labute approximate surface area is 128 Å². The summed E-state index contributed by atoms with van der Waals surface area (Å²) in [6, 6.07) is 7.65. The zero-order valence-corrected chi connectivity index (χ0v) is 12.7. The Bertz CT molecular complexity index is 505. The number of hydrogen-bond donors (Lipinski definition) is 2. The van der Waals surface area contributed by atoms with E-state index in [9.17, 15) is 5.11 Å². The third kappa shape index (κ3) is 5.57. The van der Waals surface area contributed by atoms with Crippen LogP contribution in [0.25, 0.3) is 0 Å². The third-order valence-corrected chi connectivity index (χ3v) is 3.09. The van der Waals surface area contributed by atoms with Crippen LogP contribution in [-0.4, -0.2) is 39.7 Å². The summed E-state index contributed by atoms with van der Waals surface area (Å²) < 4.78 is 18.5. The van der Waals surface area contributed by atoms with Gasteiger partial charge in [-0.15, -0.1) is 4.37 Å². The highest BCUT2D eigenvalue weighted by atomic mass is 32.1. The normalized spacial score (nSPS) is 11.9. The van der Waals surface area contributed by atoms with Gasteiger partial charge in [-0.2, -0.15) is 4.37 Å². The van der Waals surface area contributed by atoms with Crippen molar-refractivity contribution in [3.8, 4) is 11.6 Å². The second-order valence-corrected chi connectivity index (χ2v) is 5.02. The van der Waals surface area contributed by atoms with Gasteiger partial charge in [-0.3, -0.25) is 0 Å². The number of benzene rings is 1. The van der Waals surface area contributed by atoms with Gasteiger partial charge < -0.3 is 19.9 Å². The maximum atomic E-state index is 9.82. The van der Waals surface area contributed by atoms with E-state index in [0.717, 1.165) is 29.6 Å². The largest absolute Gasteiger partial charge is 0.494 e. The van der Waals surface area contributed by atoms with Crippen LogP contribution in [0.4, 0.5) is 5.69 Å². The molecule has 2 rings (SSSR count). The van der Waals surface area contributed by atoms with Gasteiger partial charge in [0.15, 0.2) is 0 Å². The fraction of sp³-hybridized carbons (Fsp3) is 0.429. The van der Waals surface area contributed by atoms with Crippen LogP contribution in [0.5, 0.6) is 11.6 Å². The maximum absolute atomic E-state index is 9.82. The van der Waals surface area contributed by atoms with Gasteiger partial charge in [-0.25, -0.2) is 0 Å². The fourth-order valence-electron chi connectivity index (χ4n) is 1.58. The lowest BCUT2D eigenvalue weighted by atomic mass is 10.3. The molecular formula is C14H19N3O3S. The minimum absolute atomic E-state index is 0.177. The Morgan fingerprint density at radius 2 is 2.10 bits per heavy atom. The molecular weight excluding hydrogens is 290 g/mol. The van der Waals surface area contributed by atoms with E-state index in [4.69, 9.17) is 9.47 Å². The van der Waals surface area contributed by atoms with Gasteiger partial charge in [0.25, 0.3) is 0 Å². The number of hydrogen-bond acceptors (Lipinski definition) is 7. The average Bonchev–Trinajstić information content (AvgIpc) is 3.03. The monoisotopic (exact) mass is 309 g/mol. The number of anilines is 1. The molecule has 0 radical (unpaired) electrons. The minimum Gasteiger partial charge on any atom is -0.494 e. The fourth-order valence-corrected chi connectivity index (χ4v) is 1.95. The predicted molar refractivity (Wildman–Crippen MR) is 82.1 cm³/mol. The van der Waals surface area contributed by atoms with Crippen LogP contribution in [0.1, 0.15) is 13.3 Å². The number of aliphatic hydroxyl groups excluding tert-OH is 1. The van der Waals surface area contributed by atoms with E-state index in [1.54, 1.807) is 0 Å². The summed E-state index contributed by atoms with van der Waals surface area (Å²) in [6.07, 6.45) is 1.89. The van der Waals surface area contributed by atoms with E-state index < -0.39 is 6.10 Å². The Hall–Kier alpha value is -1.86. The first-order valence-corrected chi connectivity index (χ1v) is 7.56. The van der Waals surface area contributed by atoms with E-state index in [1.807, 2.05) is 24.3 Å². The Morgan fingerprint density at radius 3 is 2.76 bits per heavy atom. The van der Waals surface area contributed by atoms with Gasteiger partial charge in [0, 0.05) is 12.2 Å². The second-order valence-electron chi connectivity index (χ2n) is 4.46. The van der Waals surface area contributed by atoms with Crippen LogP contribution in [0.3, 0.4) is 0 Å². The van der Waals surface area contributed by atoms with Crippen molar-refractivity contribution in [2.75, 3.05) is 25.1 Å². The molecule has 1 aromatic carbocycles. The molecule has 2 N–H and O–H groups in total. The van der Waals surface area contributed by atoms with Crippen molar-refractivity contribution < 1.29 is 14.6 Å². The molecule has 0 bridgehead atoms. The van der Waals surface area contributed by atoms with Crippen LogP contribution < -0.4 is 14.8 Å². The van der Waals surface area contributed by atoms with Crippen molar-refractivity contribution in [1.29, 1.82) is 0 Å². The lowest BCUT2D eigenvalue weighted by Crippen LogP contribution is -2.26. The van der Waals surface area contributed by atoms with Crippen molar-refractivity contribution in [1.82, 2.24) is 8.75 Å². The van der Waals surface area contributed by atoms with E-state index in [1.165, 1.54) is 6.20 Å². The number of ether oxygens (including phenoxy) is 2. The molecule has 0 amide bonds. The molecule has 1 unspecified atom stereocenters. The molecule has 0 aliphatic carbocycles. The molecule has 21 heavy (non-hydrogen) atoms. The molecule has 0 fully saturated rings. The molecule has 0 aliphatic rings. The smallest absolute Gasteiger partial charge is 0.245 e. The van der Waals surface area contributed by atoms with Gasteiger partial charge in [-0.1, -0.05) is 6.92 Å². The summed E-state index contributed by atoms with van der Waals surface area (Å²) in [5.74, 6) is 1.29. The minimum atomic E-state index is -0.622. The first kappa shape index (κ1) is 15.5. The first-order chi connectivity index (χ1) is 10.3. The van der Waals surface area contributed by atoms with Crippen LogP contribution in [0.2, 0.25) is 0 Å². The molecule has 114 valence electrons. The number of aromatic nitrogens is 2. The van der Waals surface area contributed by atoms with Crippen LogP contribution in [0, 0.1) is 0 Å². The molecule has 7 heteroatoms. The zero-order valence-electron chi connectivity index (χ0n) is 11.9. The number of nitrogens with one attached hydrogen (secondary N) is 1. The maximum Gasteiger partial charge on any atom is 0.245 e. The highest BCUT2D eigenvalue weighted by molar-refractivity contribution is 6.99. The van der Waals surface area contributed by atoms with E-state index in [2.05, 4.69) is 21.0 Å². The van der Waals surface area contributed by atoms with Gasteiger partial charge in [0.05, 0.1) is 18.3 Å².